The van der Waals surface area contributed by atoms with Gasteiger partial charge in [0.25, 0.3) is 5.91 Å². The molecule has 8 nitrogen and oxygen atoms in total. The molecule has 0 radical (unpaired) electrons. The number of anilines is 1. The number of pyridine rings is 1. The minimum atomic E-state index is -0.136. The molecule has 27 heavy (non-hydrogen) atoms. The third-order valence-corrected chi connectivity index (χ3v) is 5.08. The van der Waals surface area contributed by atoms with Crippen molar-refractivity contribution < 1.29 is 4.79 Å². The Balaban J connectivity index is 1.82. The number of amides is 1. The molecule has 2 N–H and O–H groups in total. The van der Waals surface area contributed by atoms with Crippen LogP contribution in [0.15, 0.2) is 36.8 Å². The number of aromatic nitrogens is 4. The van der Waals surface area contributed by atoms with Crippen LogP contribution in [0, 0.1) is 0 Å². The first-order valence-electron chi connectivity index (χ1n) is 8.87. The summed E-state index contributed by atoms with van der Waals surface area (Å²) < 4.78 is 1.94. The zero-order chi connectivity index (χ0) is 18.5. The molecular weight excluding hydrogens is 342 g/mol. The molecule has 0 atom stereocenters. The number of hydrogen-bond donors (Lipinski definition) is 2. The van der Waals surface area contributed by atoms with Crippen molar-refractivity contribution >= 4 is 39.3 Å². The second kappa shape index (κ2) is 5.88. The van der Waals surface area contributed by atoms with Crippen LogP contribution < -0.4 is 10.6 Å². The van der Waals surface area contributed by atoms with E-state index in [1.165, 1.54) is 6.33 Å². The molecule has 1 aliphatic heterocycles. The highest BCUT2D eigenvalue weighted by Crippen LogP contribution is 2.32. The highest BCUT2D eigenvalue weighted by atomic mass is 16.1. The number of likely N-dealkylation sites (N-methyl/N-ethyl adjacent to an activating group) is 1. The van der Waals surface area contributed by atoms with Crippen LogP contribution in [-0.2, 0) is 0 Å². The average Bonchev–Trinajstić information content (AvgIpc) is 3.04. The monoisotopic (exact) mass is 361 g/mol. The van der Waals surface area contributed by atoms with Gasteiger partial charge < -0.3 is 15.5 Å². The van der Waals surface area contributed by atoms with E-state index in [1.807, 2.05) is 35.7 Å². The van der Waals surface area contributed by atoms with Gasteiger partial charge in [0.15, 0.2) is 11.3 Å². The summed E-state index contributed by atoms with van der Waals surface area (Å²) in [4.78, 5) is 28.8. The van der Waals surface area contributed by atoms with Crippen molar-refractivity contribution in [2.45, 2.75) is 6.04 Å². The lowest BCUT2D eigenvalue weighted by Gasteiger charge is -2.36. The van der Waals surface area contributed by atoms with E-state index in [9.17, 15) is 4.79 Å². The third-order valence-electron chi connectivity index (χ3n) is 5.08. The topological polar surface area (TPSA) is 87.5 Å². The fourth-order valence-corrected chi connectivity index (χ4v) is 3.85. The van der Waals surface area contributed by atoms with Gasteiger partial charge in [-0.05, 0) is 19.2 Å². The molecule has 5 rings (SSSR count). The third kappa shape index (κ3) is 2.33. The predicted octanol–water partition coefficient (Wildman–Crippen LogP) is 1.52. The van der Waals surface area contributed by atoms with Crippen LogP contribution in [-0.4, -0.2) is 63.4 Å². The van der Waals surface area contributed by atoms with Crippen LogP contribution in [0.3, 0.4) is 0 Å². The van der Waals surface area contributed by atoms with Crippen molar-refractivity contribution in [1.82, 2.24) is 29.6 Å². The number of fused-ring (bicyclic) bond motifs is 5. The maximum atomic E-state index is 13.2. The fraction of sp³-hybridized carbons (Fsp3) is 0.263. The molecule has 1 saturated heterocycles. The molecule has 8 heteroatoms. The molecule has 1 aromatic carbocycles. The van der Waals surface area contributed by atoms with Gasteiger partial charge in [-0.3, -0.25) is 9.20 Å². The zero-order valence-electron chi connectivity index (χ0n) is 15.1. The van der Waals surface area contributed by atoms with Crippen LogP contribution in [0.5, 0.6) is 0 Å². The average molecular weight is 361 g/mol. The molecule has 1 aliphatic rings. The number of nitrogens with one attached hydrogen (secondary N) is 2. The molecule has 136 valence electrons. The first kappa shape index (κ1) is 16.0. The SMILES string of the molecule is CNc1c(C(=O)NC2CN(C)C2)c2nc3ccccc3n2c2ncncc12. The number of carbonyl (C=O) groups is 1. The van der Waals surface area contributed by atoms with Crippen molar-refractivity contribution in [2.24, 2.45) is 0 Å². The number of nitrogens with zero attached hydrogens (tertiary/aromatic N) is 5. The summed E-state index contributed by atoms with van der Waals surface area (Å²) in [6, 6.07) is 7.98. The van der Waals surface area contributed by atoms with Crippen LogP contribution in [0.1, 0.15) is 10.4 Å². The van der Waals surface area contributed by atoms with Crippen molar-refractivity contribution in [2.75, 3.05) is 32.5 Å². The van der Waals surface area contributed by atoms with Crippen LogP contribution in [0.4, 0.5) is 5.69 Å². The summed E-state index contributed by atoms with van der Waals surface area (Å²) in [5.74, 6) is -0.136. The number of rotatable bonds is 3. The lowest BCUT2D eigenvalue weighted by Crippen LogP contribution is -2.57. The first-order chi connectivity index (χ1) is 13.2. The molecule has 0 saturated carbocycles. The Bertz CT molecular complexity index is 1190. The minimum Gasteiger partial charge on any atom is -0.387 e. The van der Waals surface area contributed by atoms with Crippen LogP contribution in [0.2, 0.25) is 0 Å². The Kier molecular flexibility index (Phi) is 3.48. The number of imidazole rings is 1. The van der Waals surface area contributed by atoms with Gasteiger partial charge in [-0.25, -0.2) is 15.0 Å². The molecule has 4 heterocycles. The fourth-order valence-electron chi connectivity index (χ4n) is 3.85. The van der Waals surface area contributed by atoms with E-state index >= 15 is 0 Å². The Morgan fingerprint density at radius 2 is 2.04 bits per heavy atom. The zero-order valence-corrected chi connectivity index (χ0v) is 15.1. The molecule has 0 spiro atoms. The van der Waals surface area contributed by atoms with E-state index in [0.29, 0.717) is 16.9 Å². The smallest absolute Gasteiger partial charge is 0.257 e. The summed E-state index contributed by atoms with van der Waals surface area (Å²) in [7, 11) is 3.84. The summed E-state index contributed by atoms with van der Waals surface area (Å²) in [6.07, 6.45) is 3.25. The standard InChI is InChI=1S/C19H19N7O/c1-20-16-12-7-21-10-22-17(12)26-14-6-4-3-5-13(14)24-18(26)15(16)19(27)23-11-8-25(2)9-11/h3-7,10-11,20H,8-9H2,1-2H3,(H,23,27). The quantitative estimate of drug-likeness (QED) is 0.575. The van der Waals surface area contributed by atoms with Crippen molar-refractivity contribution in [3.05, 3.63) is 42.4 Å². The molecule has 0 unspecified atom stereocenters. The number of benzene rings is 1. The Morgan fingerprint density at radius 3 is 2.81 bits per heavy atom. The van der Waals surface area contributed by atoms with Crippen molar-refractivity contribution in [3.63, 3.8) is 0 Å². The van der Waals surface area contributed by atoms with E-state index in [-0.39, 0.29) is 11.9 Å². The largest absolute Gasteiger partial charge is 0.387 e. The van der Waals surface area contributed by atoms with Crippen LogP contribution >= 0.6 is 0 Å². The van der Waals surface area contributed by atoms with Gasteiger partial charge >= 0.3 is 0 Å². The van der Waals surface area contributed by atoms with Gasteiger partial charge in [0.05, 0.1) is 28.1 Å². The number of para-hydroxylation sites is 2. The van der Waals surface area contributed by atoms with Crippen molar-refractivity contribution in [3.8, 4) is 0 Å². The van der Waals surface area contributed by atoms with E-state index < -0.39 is 0 Å². The van der Waals surface area contributed by atoms with Crippen LogP contribution in [0.25, 0.3) is 27.7 Å². The molecule has 1 amide bonds. The Hall–Kier alpha value is -3.26. The second-order valence-electron chi connectivity index (χ2n) is 6.91. The van der Waals surface area contributed by atoms with Gasteiger partial charge in [-0.1, -0.05) is 12.1 Å². The maximum Gasteiger partial charge on any atom is 0.257 e. The van der Waals surface area contributed by atoms with E-state index in [2.05, 4.69) is 25.5 Å². The number of likely N-dealkylation sites (tertiary alicyclic amines) is 1. The highest BCUT2D eigenvalue weighted by Gasteiger charge is 2.29. The Labute approximate surface area is 155 Å². The summed E-state index contributed by atoms with van der Waals surface area (Å²) in [5.41, 5.74) is 4.26. The molecule has 1 fully saturated rings. The maximum absolute atomic E-state index is 13.2. The van der Waals surface area contributed by atoms with Gasteiger partial charge in [0, 0.05) is 26.3 Å². The summed E-state index contributed by atoms with van der Waals surface area (Å²) in [5, 5.41) is 7.08. The highest BCUT2D eigenvalue weighted by molar-refractivity contribution is 6.13. The van der Waals surface area contributed by atoms with E-state index in [0.717, 1.165) is 35.2 Å². The Morgan fingerprint density at radius 1 is 1.22 bits per heavy atom. The van der Waals surface area contributed by atoms with Gasteiger partial charge in [0.2, 0.25) is 0 Å². The molecular formula is C19H19N7O. The number of carbonyl (C=O) groups excluding carboxylic acids is 1. The van der Waals surface area contributed by atoms with E-state index in [4.69, 9.17) is 4.98 Å². The normalized spacial score (nSPS) is 15.3. The summed E-state index contributed by atoms with van der Waals surface area (Å²) >= 11 is 0. The van der Waals surface area contributed by atoms with E-state index in [1.54, 1.807) is 13.2 Å². The lowest BCUT2D eigenvalue weighted by molar-refractivity contribution is 0.0860. The molecule has 3 aromatic heterocycles. The molecule has 4 aromatic rings. The second-order valence-corrected chi connectivity index (χ2v) is 6.91. The first-order valence-corrected chi connectivity index (χ1v) is 8.87. The van der Waals surface area contributed by atoms with Gasteiger partial charge in [-0.2, -0.15) is 0 Å². The molecule has 0 bridgehead atoms. The van der Waals surface area contributed by atoms with Crippen molar-refractivity contribution in [1.29, 1.82) is 0 Å². The summed E-state index contributed by atoms with van der Waals surface area (Å²) in [6.45, 7) is 1.70. The molecule has 0 aliphatic carbocycles. The predicted molar refractivity (Wildman–Crippen MR) is 104 cm³/mol. The lowest BCUT2D eigenvalue weighted by atomic mass is 10.1. The minimum absolute atomic E-state index is 0.136. The number of hydrogen-bond acceptors (Lipinski definition) is 6. The van der Waals surface area contributed by atoms with Gasteiger partial charge in [0.1, 0.15) is 11.9 Å². The van der Waals surface area contributed by atoms with Gasteiger partial charge in [-0.15, -0.1) is 0 Å².